The van der Waals surface area contributed by atoms with Gasteiger partial charge in [-0.3, -0.25) is 9.89 Å². The van der Waals surface area contributed by atoms with Crippen LogP contribution in [0.15, 0.2) is 29.3 Å². The molecule has 0 aromatic heterocycles. The molecule has 0 bridgehead atoms. The standard InChI is InChI=1S/C22H39N5.HI/c1-17(2)26(6)16-20-10-8-7-9-19(20)15-24-22(23-5)25-21-11-13-27(14-12-21)18(3)4;/h7-10,17-18,21H,11-16H2,1-6H3,(H2,23,24,25);1H. The predicted molar refractivity (Wildman–Crippen MR) is 132 cm³/mol. The molecule has 6 heteroatoms. The summed E-state index contributed by atoms with van der Waals surface area (Å²) in [5, 5.41) is 7.13. The van der Waals surface area contributed by atoms with Gasteiger partial charge in [0, 0.05) is 51.4 Å². The minimum absolute atomic E-state index is 0. The summed E-state index contributed by atoms with van der Waals surface area (Å²) in [6, 6.07) is 10.4. The second kappa shape index (κ2) is 12.6. The smallest absolute Gasteiger partial charge is 0.191 e. The van der Waals surface area contributed by atoms with Crippen LogP contribution in [0.2, 0.25) is 0 Å². The highest BCUT2D eigenvalue weighted by molar-refractivity contribution is 14.0. The van der Waals surface area contributed by atoms with Crippen LogP contribution in [0.5, 0.6) is 0 Å². The van der Waals surface area contributed by atoms with E-state index in [-0.39, 0.29) is 24.0 Å². The average Bonchev–Trinajstić information content (AvgIpc) is 2.66. The van der Waals surface area contributed by atoms with E-state index in [9.17, 15) is 0 Å². The normalized spacial score (nSPS) is 16.5. The lowest BCUT2D eigenvalue weighted by atomic mass is 10.0. The molecule has 1 saturated heterocycles. The Morgan fingerprint density at radius 2 is 1.75 bits per heavy atom. The third kappa shape index (κ3) is 7.87. The molecule has 160 valence electrons. The van der Waals surface area contributed by atoms with Gasteiger partial charge in [0.15, 0.2) is 5.96 Å². The second-order valence-electron chi connectivity index (χ2n) is 8.25. The van der Waals surface area contributed by atoms with Gasteiger partial charge in [-0.25, -0.2) is 0 Å². The zero-order valence-electron chi connectivity index (χ0n) is 18.5. The fraction of sp³-hybridized carbons (Fsp3) is 0.682. The molecule has 1 aliphatic rings. The average molecular weight is 502 g/mol. The Morgan fingerprint density at radius 1 is 1.14 bits per heavy atom. The lowest BCUT2D eigenvalue weighted by molar-refractivity contribution is 0.167. The van der Waals surface area contributed by atoms with E-state index in [1.54, 1.807) is 0 Å². The topological polar surface area (TPSA) is 42.9 Å². The summed E-state index contributed by atoms with van der Waals surface area (Å²) in [6.45, 7) is 13.1. The summed E-state index contributed by atoms with van der Waals surface area (Å²) in [6.07, 6.45) is 2.35. The largest absolute Gasteiger partial charge is 0.354 e. The van der Waals surface area contributed by atoms with Gasteiger partial charge >= 0.3 is 0 Å². The summed E-state index contributed by atoms with van der Waals surface area (Å²) in [4.78, 5) is 9.36. The molecule has 0 saturated carbocycles. The van der Waals surface area contributed by atoms with Crippen LogP contribution in [-0.4, -0.2) is 61.1 Å². The number of likely N-dealkylation sites (tertiary alicyclic amines) is 1. The van der Waals surface area contributed by atoms with Crippen molar-refractivity contribution in [3.05, 3.63) is 35.4 Å². The van der Waals surface area contributed by atoms with Crippen molar-refractivity contribution < 1.29 is 0 Å². The first-order valence-electron chi connectivity index (χ1n) is 10.4. The van der Waals surface area contributed by atoms with Crippen LogP contribution >= 0.6 is 24.0 Å². The van der Waals surface area contributed by atoms with Crippen LogP contribution in [-0.2, 0) is 13.1 Å². The van der Waals surface area contributed by atoms with Crippen molar-refractivity contribution in [2.45, 2.75) is 71.8 Å². The first kappa shape index (κ1) is 25.2. The van der Waals surface area contributed by atoms with Crippen molar-refractivity contribution in [2.75, 3.05) is 27.2 Å². The highest BCUT2D eigenvalue weighted by Crippen LogP contribution is 2.14. The van der Waals surface area contributed by atoms with Crippen LogP contribution in [0.25, 0.3) is 0 Å². The van der Waals surface area contributed by atoms with Crippen molar-refractivity contribution in [1.29, 1.82) is 0 Å². The summed E-state index contributed by atoms with van der Waals surface area (Å²) >= 11 is 0. The number of rotatable bonds is 7. The van der Waals surface area contributed by atoms with E-state index >= 15 is 0 Å². The van der Waals surface area contributed by atoms with Gasteiger partial charge < -0.3 is 15.5 Å². The Kier molecular flexibility index (Phi) is 11.4. The highest BCUT2D eigenvalue weighted by Gasteiger charge is 2.21. The number of aliphatic imine (C=N–C) groups is 1. The highest BCUT2D eigenvalue weighted by atomic mass is 127. The zero-order chi connectivity index (χ0) is 19.8. The second-order valence-corrected chi connectivity index (χ2v) is 8.25. The van der Waals surface area contributed by atoms with Crippen LogP contribution in [0.3, 0.4) is 0 Å². The van der Waals surface area contributed by atoms with Gasteiger partial charge in [-0.05, 0) is 58.7 Å². The maximum absolute atomic E-state index is 4.44. The van der Waals surface area contributed by atoms with Crippen LogP contribution in [0.1, 0.15) is 51.7 Å². The molecule has 1 aromatic carbocycles. The van der Waals surface area contributed by atoms with Crippen molar-refractivity contribution in [3.63, 3.8) is 0 Å². The maximum Gasteiger partial charge on any atom is 0.191 e. The van der Waals surface area contributed by atoms with Crippen molar-refractivity contribution >= 4 is 29.9 Å². The van der Waals surface area contributed by atoms with E-state index in [1.165, 1.54) is 24.0 Å². The Labute approximate surface area is 189 Å². The van der Waals surface area contributed by atoms with E-state index < -0.39 is 0 Å². The summed E-state index contributed by atoms with van der Waals surface area (Å²) in [5.41, 5.74) is 2.71. The van der Waals surface area contributed by atoms with Crippen molar-refractivity contribution in [3.8, 4) is 0 Å². The number of nitrogens with zero attached hydrogens (tertiary/aromatic N) is 3. The minimum Gasteiger partial charge on any atom is -0.354 e. The first-order chi connectivity index (χ1) is 12.9. The van der Waals surface area contributed by atoms with Gasteiger partial charge in [-0.2, -0.15) is 0 Å². The number of guanidine groups is 1. The molecule has 1 heterocycles. The number of halogens is 1. The zero-order valence-corrected chi connectivity index (χ0v) is 20.9. The van der Waals surface area contributed by atoms with Gasteiger partial charge in [-0.15, -0.1) is 24.0 Å². The molecule has 0 aliphatic carbocycles. The molecule has 5 nitrogen and oxygen atoms in total. The first-order valence-corrected chi connectivity index (χ1v) is 10.4. The van der Waals surface area contributed by atoms with Gasteiger partial charge in [0.05, 0.1) is 0 Å². The Morgan fingerprint density at radius 3 is 2.29 bits per heavy atom. The number of hydrogen-bond acceptors (Lipinski definition) is 3. The molecule has 1 fully saturated rings. The monoisotopic (exact) mass is 501 g/mol. The maximum atomic E-state index is 4.44. The fourth-order valence-corrected chi connectivity index (χ4v) is 3.46. The molecule has 1 aliphatic heterocycles. The molecular formula is C22H40IN5. The molecular weight excluding hydrogens is 461 g/mol. The summed E-state index contributed by atoms with van der Waals surface area (Å²) < 4.78 is 0. The number of piperidine rings is 1. The Hall–Kier alpha value is -0.860. The molecule has 28 heavy (non-hydrogen) atoms. The molecule has 0 amide bonds. The van der Waals surface area contributed by atoms with E-state index in [0.717, 1.165) is 32.1 Å². The van der Waals surface area contributed by atoms with Crippen LogP contribution in [0.4, 0.5) is 0 Å². The van der Waals surface area contributed by atoms with Crippen molar-refractivity contribution in [2.24, 2.45) is 4.99 Å². The quantitative estimate of drug-likeness (QED) is 0.340. The number of benzene rings is 1. The Balaban J connectivity index is 0.00000392. The van der Waals surface area contributed by atoms with E-state index in [0.29, 0.717) is 18.1 Å². The van der Waals surface area contributed by atoms with E-state index in [2.05, 4.69) is 84.4 Å². The molecule has 1 aromatic rings. The molecule has 0 radical (unpaired) electrons. The number of hydrogen-bond donors (Lipinski definition) is 2. The van der Waals surface area contributed by atoms with Crippen LogP contribution < -0.4 is 10.6 Å². The lowest BCUT2D eigenvalue weighted by Gasteiger charge is -2.35. The molecule has 0 spiro atoms. The SMILES string of the molecule is CN=C(NCc1ccccc1CN(C)C(C)C)NC1CCN(C(C)C)CC1.I. The number of nitrogens with one attached hydrogen (secondary N) is 2. The van der Waals surface area contributed by atoms with Crippen LogP contribution in [0, 0.1) is 0 Å². The molecule has 0 atom stereocenters. The van der Waals surface area contributed by atoms with Gasteiger partial charge in [-0.1, -0.05) is 24.3 Å². The summed E-state index contributed by atoms with van der Waals surface area (Å²) in [7, 11) is 4.04. The molecule has 0 unspecified atom stereocenters. The third-order valence-corrected chi connectivity index (χ3v) is 5.69. The van der Waals surface area contributed by atoms with Gasteiger partial charge in [0.1, 0.15) is 0 Å². The minimum atomic E-state index is 0. The fourth-order valence-electron chi connectivity index (χ4n) is 3.46. The lowest BCUT2D eigenvalue weighted by Crippen LogP contribution is -2.49. The van der Waals surface area contributed by atoms with Gasteiger partial charge in [0.25, 0.3) is 0 Å². The van der Waals surface area contributed by atoms with Gasteiger partial charge in [0.2, 0.25) is 0 Å². The Bertz CT molecular complexity index is 594. The molecule has 2 rings (SSSR count). The van der Waals surface area contributed by atoms with E-state index in [4.69, 9.17) is 0 Å². The summed E-state index contributed by atoms with van der Waals surface area (Å²) in [5.74, 6) is 0.907. The third-order valence-electron chi connectivity index (χ3n) is 5.69. The predicted octanol–water partition coefficient (Wildman–Crippen LogP) is 3.68. The van der Waals surface area contributed by atoms with Crippen molar-refractivity contribution in [1.82, 2.24) is 20.4 Å². The van der Waals surface area contributed by atoms with E-state index in [1.807, 2.05) is 7.05 Å². The molecule has 2 N–H and O–H groups in total.